The van der Waals surface area contributed by atoms with Crippen LogP contribution in [0.2, 0.25) is 0 Å². The number of hydrogen-bond donors (Lipinski definition) is 0. The largest absolute Gasteiger partial charge is 0.264 e. The lowest BCUT2D eigenvalue weighted by Gasteiger charge is -1.87. The third-order valence-electron chi connectivity index (χ3n) is 1.03. The van der Waals surface area contributed by atoms with Crippen molar-refractivity contribution in [1.29, 1.82) is 0 Å². The van der Waals surface area contributed by atoms with Gasteiger partial charge < -0.3 is 0 Å². The second-order valence-corrected chi connectivity index (χ2v) is 2.69. The van der Waals surface area contributed by atoms with Crippen LogP contribution in [0.1, 0.15) is 0 Å². The summed E-state index contributed by atoms with van der Waals surface area (Å²) in [7, 11) is 0. The first kappa shape index (κ1) is 8.29. The highest BCUT2D eigenvalue weighted by Gasteiger charge is 2.15. The summed E-state index contributed by atoms with van der Waals surface area (Å²) >= 11 is 10.2. The van der Waals surface area contributed by atoms with E-state index in [1.165, 1.54) is 6.08 Å². The van der Waals surface area contributed by atoms with Crippen molar-refractivity contribution in [2.24, 2.45) is 4.99 Å². The second kappa shape index (κ2) is 3.06. The minimum atomic E-state index is -0.479. The first-order valence-electron chi connectivity index (χ1n) is 2.70. The molecule has 6 heteroatoms. The molecule has 0 radical (unpaired) electrons. The van der Waals surface area contributed by atoms with Gasteiger partial charge in [0.25, 0.3) is 0 Å². The molecular weight excluding hydrogens is 188 g/mol. The van der Waals surface area contributed by atoms with Gasteiger partial charge in [-0.15, -0.1) is 0 Å². The van der Waals surface area contributed by atoms with Crippen molar-refractivity contribution < 1.29 is 4.92 Å². The molecule has 0 atom stereocenters. The van der Waals surface area contributed by atoms with E-state index in [9.17, 15) is 10.1 Å². The summed E-state index contributed by atoms with van der Waals surface area (Å²) in [5.41, 5.74) is 0.310. The van der Waals surface area contributed by atoms with Gasteiger partial charge in [-0.3, -0.25) is 10.1 Å². The predicted octanol–water partition coefficient (Wildman–Crippen LogP) is 1.17. The van der Waals surface area contributed by atoms with Crippen LogP contribution in [0.15, 0.2) is 16.8 Å². The lowest BCUT2D eigenvalue weighted by Crippen LogP contribution is -2.01. The van der Waals surface area contributed by atoms with Crippen LogP contribution in [-0.4, -0.2) is 21.5 Å². The van der Waals surface area contributed by atoms with Gasteiger partial charge in [0.1, 0.15) is 10.9 Å². The van der Waals surface area contributed by atoms with E-state index in [-0.39, 0.29) is 11.7 Å². The number of thiocarbonyl (C=S) groups is 1. The Morgan fingerprint density at radius 3 is 2.82 bits per heavy atom. The molecule has 0 bridgehead atoms. The molecule has 0 aromatic heterocycles. The van der Waals surface area contributed by atoms with Crippen molar-refractivity contribution in [1.82, 2.24) is 0 Å². The van der Waals surface area contributed by atoms with Crippen LogP contribution in [0.5, 0.6) is 0 Å². The van der Waals surface area contributed by atoms with Crippen LogP contribution in [0.25, 0.3) is 0 Å². The van der Waals surface area contributed by atoms with E-state index in [0.717, 1.165) is 0 Å². The molecule has 4 nitrogen and oxygen atoms in total. The van der Waals surface area contributed by atoms with Gasteiger partial charge in [-0.1, -0.05) is 23.8 Å². The molecule has 0 saturated heterocycles. The van der Waals surface area contributed by atoms with Crippen LogP contribution in [0, 0.1) is 10.1 Å². The lowest BCUT2D eigenvalue weighted by molar-refractivity contribution is -0.470. The summed E-state index contributed by atoms with van der Waals surface area (Å²) in [6.07, 6.45) is 1.43. The molecule has 1 heterocycles. The molecule has 0 aromatic rings. The number of nitrogens with zero attached hydrogens (tertiary/aromatic N) is 2. The van der Waals surface area contributed by atoms with Gasteiger partial charge in [0, 0.05) is 4.92 Å². The number of halogens is 1. The Morgan fingerprint density at radius 1 is 1.82 bits per heavy atom. The maximum Gasteiger partial charge on any atom is 0.245 e. The highest BCUT2D eigenvalue weighted by atomic mass is 35.5. The zero-order chi connectivity index (χ0) is 8.43. The molecule has 0 fully saturated rings. The average Bonchev–Trinajstić information content (AvgIpc) is 2.10. The molecule has 1 aliphatic heterocycles. The van der Waals surface area contributed by atoms with Crippen LogP contribution >= 0.6 is 23.8 Å². The number of rotatable bonds is 2. The van der Waals surface area contributed by atoms with Gasteiger partial charge in [-0.2, -0.15) is 0 Å². The maximum atomic E-state index is 9.98. The Balaban J connectivity index is 2.71. The summed E-state index contributed by atoms with van der Waals surface area (Å²) < 4.78 is 0. The van der Waals surface area contributed by atoms with Crippen molar-refractivity contribution in [2.75, 3.05) is 6.54 Å². The summed E-state index contributed by atoms with van der Waals surface area (Å²) in [5.74, 6) is 0. The van der Waals surface area contributed by atoms with E-state index >= 15 is 0 Å². The van der Waals surface area contributed by atoms with Gasteiger partial charge >= 0.3 is 0 Å². The van der Waals surface area contributed by atoms with Crippen molar-refractivity contribution in [2.45, 2.75) is 0 Å². The highest BCUT2D eigenvalue weighted by Crippen LogP contribution is 2.10. The Hall–Kier alpha value is -0.810. The smallest absolute Gasteiger partial charge is 0.245 e. The molecule has 0 N–H and O–H groups in total. The predicted molar refractivity (Wildman–Crippen MR) is 45.8 cm³/mol. The van der Waals surface area contributed by atoms with Crippen molar-refractivity contribution in [3.05, 3.63) is 21.9 Å². The van der Waals surface area contributed by atoms with Crippen molar-refractivity contribution in [3.8, 4) is 0 Å². The normalized spacial score (nSPS) is 16.3. The Labute approximate surface area is 72.7 Å². The van der Waals surface area contributed by atoms with Crippen LogP contribution in [0.3, 0.4) is 0 Å². The second-order valence-electron chi connectivity index (χ2n) is 1.89. The van der Waals surface area contributed by atoms with Crippen LogP contribution in [0.4, 0.5) is 0 Å². The lowest BCUT2D eigenvalue weighted by atomic mass is 10.4. The Kier molecular flexibility index (Phi) is 2.31. The van der Waals surface area contributed by atoms with Crippen LogP contribution in [-0.2, 0) is 0 Å². The molecule has 58 valence electrons. The third-order valence-corrected chi connectivity index (χ3v) is 1.75. The zero-order valence-electron chi connectivity index (χ0n) is 5.28. The van der Waals surface area contributed by atoms with E-state index in [1.54, 1.807) is 0 Å². The summed E-state index contributed by atoms with van der Waals surface area (Å²) in [4.78, 5) is 13.5. The molecule has 11 heavy (non-hydrogen) atoms. The Bertz CT molecular complexity index is 284. The number of aliphatic imine (C=N–C) groups is 1. The van der Waals surface area contributed by atoms with Gasteiger partial charge in [0.15, 0.2) is 0 Å². The van der Waals surface area contributed by atoms with Crippen LogP contribution < -0.4 is 0 Å². The molecular formula is C5H3ClN2O2S. The third kappa shape index (κ3) is 2.06. The van der Waals surface area contributed by atoms with E-state index in [1.807, 2.05) is 0 Å². The molecule has 0 spiro atoms. The average molecular weight is 191 g/mol. The molecule has 1 aliphatic rings. The highest BCUT2D eigenvalue weighted by molar-refractivity contribution is 7.83. The fourth-order valence-corrected chi connectivity index (χ4v) is 0.982. The molecule has 0 amide bonds. The quantitative estimate of drug-likeness (QED) is 0.373. The number of nitro groups is 1. The number of hydrogen-bond acceptors (Lipinski definition) is 4. The van der Waals surface area contributed by atoms with E-state index in [2.05, 4.69) is 4.99 Å². The maximum absolute atomic E-state index is 9.98. The summed E-state index contributed by atoms with van der Waals surface area (Å²) in [6.45, 7) is -0.323. The topological polar surface area (TPSA) is 55.5 Å². The first-order valence-corrected chi connectivity index (χ1v) is 3.49. The van der Waals surface area contributed by atoms with Gasteiger partial charge in [0.2, 0.25) is 6.54 Å². The molecule has 0 aromatic carbocycles. The molecule has 0 saturated carbocycles. The standard InChI is InChI=1S/C5H3ClN2O2S/c6-5-4(11)1-3(7-5)2-8(9)10/h1H,2H2. The van der Waals surface area contributed by atoms with Gasteiger partial charge in [-0.25, -0.2) is 4.99 Å². The van der Waals surface area contributed by atoms with Crippen molar-refractivity contribution in [3.63, 3.8) is 0 Å². The number of allylic oxidation sites excluding steroid dienone is 1. The Morgan fingerprint density at radius 2 is 2.45 bits per heavy atom. The molecule has 0 unspecified atom stereocenters. The minimum absolute atomic E-state index is 0.164. The summed E-state index contributed by atoms with van der Waals surface area (Å²) in [6, 6.07) is 0. The molecule has 0 aliphatic carbocycles. The zero-order valence-corrected chi connectivity index (χ0v) is 6.85. The van der Waals surface area contributed by atoms with Gasteiger partial charge in [-0.05, 0) is 6.08 Å². The monoisotopic (exact) mass is 190 g/mol. The first-order chi connectivity index (χ1) is 5.09. The van der Waals surface area contributed by atoms with Gasteiger partial charge in [0.05, 0.1) is 4.86 Å². The van der Waals surface area contributed by atoms with Crippen molar-refractivity contribution >= 4 is 33.9 Å². The fraction of sp³-hybridized carbons (Fsp3) is 0.200. The molecule has 1 rings (SSSR count). The minimum Gasteiger partial charge on any atom is -0.264 e. The van der Waals surface area contributed by atoms with E-state index < -0.39 is 4.92 Å². The SMILES string of the molecule is O=[N+]([O-])CC1=CC(=S)C(Cl)=N1. The van der Waals surface area contributed by atoms with E-state index in [4.69, 9.17) is 23.8 Å². The fourth-order valence-electron chi connectivity index (χ4n) is 0.638. The summed E-state index contributed by atoms with van der Waals surface area (Å²) in [5, 5.41) is 10.1. The van der Waals surface area contributed by atoms with E-state index in [0.29, 0.717) is 10.6 Å².